The Bertz CT molecular complexity index is 717. The number of aryl methyl sites for hydroxylation is 1. The Kier molecular flexibility index (Phi) is 3.80. The van der Waals surface area contributed by atoms with Crippen molar-refractivity contribution in [3.05, 3.63) is 53.0 Å². The molecule has 0 atom stereocenters. The van der Waals surface area contributed by atoms with E-state index in [1.54, 1.807) is 6.92 Å². The van der Waals surface area contributed by atoms with Crippen LogP contribution in [0, 0.1) is 24.1 Å². The van der Waals surface area contributed by atoms with Crippen LogP contribution in [0.25, 0.3) is 0 Å². The molecule has 0 saturated heterocycles. The molecular weight excluding hydrogens is 286 g/mol. The predicted octanol–water partition coefficient (Wildman–Crippen LogP) is 4.16. The molecule has 1 heterocycles. The van der Waals surface area contributed by atoms with Crippen molar-refractivity contribution in [2.75, 3.05) is 5.32 Å². The van der Waals surface area contributed by atoms with E-state index in [0.29, 0.717) is 17.8 Å². The quantitative estimate of drug-likeness (QED) is 0.846. The Hall–Kier alpha value is -2.62. The molecule has 1 aromatic carbocycles. The fourth-order valence-electron chi connectivity index (χ4n) is 1.73. The average molecular weight is 295 g/mol. The molecule has 3 nitrogen and oxygen atoms in total. The number of alkyl halides is 3. The van der Waals surface area contributed by atoms with Crippen molar-refractivity contribution < 1.29 is 17.6 Å². The van der Waals surface area contributed by atoms with Crippen LogP contribution in [0.15, 0.2) is 30.3 Å². The van der Waals surface area contributed by atoms with Gasteiger partial charge in [0.15, 0.2) is 0 Å². The molecule has 108 valence electrons. The molecule has 0 radical (unpaired) electrons. The molecule has 7 heteroatoms. The van der Waals surface area contributed by atoms with Crippen molar-refractivity contribution in [1.82, 2.24) is 4.98 Å². The lowest BCUT2D eigenvalue weighted by atomic mass is 10.2. The van der Waals surface area contributed by atoms with Crippen LogP contribution in [0.2, 0.25) is 0 Å². The van der Waals surface area contributed by atoms with E-state index in [-0.39, 0.29) is 17.1 Å². The maximum Gasteiger partial charge on any atom is 0.416 e. The van der Waals surface area contributed by atoms with Crippen LogP contribution in [0.4, 0.5) is 29.1 Å². The highest BCUT2D eigenvalue weighted by Gasteiger charge is 2.31. The van der Waals surface area contributed by atoms with Gasteiger partial charge in [-0.05, 0) is 37.3 Å². The van der Waals surface area contributed by atoms with Crippen molar-refractivity contribution in [3.63, 3.8) is 0 Å². The van der Waals surface area contributed by atoms with Crippen LogP contribution in [0.5, 0.6) is 0 Å². The number of benzene rings is 1. The van der Waals surface area contributed by atoms with E-state index in [4.69, 9.17) is 5.26 Å². The van der Waals surface area contributed by atoms with E-state index in [9.17, 15) is 17.6 Å². The zero-order valence-electron chi connectivity index (χ0n) is 10.8. The average Bonchev–Trinajstić information content (AvgIpc) is 2.39. The summed E-state index contributed by atoms with van der Waals surface area (Å²) >= 11 is 0. The van der Waals surface area contributed by atoms with Crippen molar-refractivity contribution in [2.45, 2.75) is 13.1 Å². The fraction of sp³-hybridized carbons (Fsp3) is 0.143. The van der Waals surface area contributed by atoms with E-state index in [2.05, 4.69) is 10.3 Å². The molecule has 1 N–H and O–H groups in total. The second-order valence-electron chi connectivity index (χ2n) is 4.31. The third-order valence-corrected chi connectivity index (χ3v) is 2.64. The smallest absolute Gasteiger partial charge is 0.338 e. The molecule has 1 aromatic heterocycles. The first-order valence-corrected chi connectivity index (χ1v) is 5.82. The van der Waals surface area contributed by atoms with Crippen LogP contribution in [-0.2, 0) is 6.18 Å². The number of pyridine rings is 1. The highest BCUT2D eigenvalue weighted by molar-refractivity contribution is 5.59. The zero-order valence-corrected chi connectivity index (χ0v) is 10.8. The van der Waals surface area contributed by atoms with Gasteiger partial charge in [-0.3, -0.25) is 0 Å². The lowest BCUT2D eigenvalue weighted by Gasteiger charge is -2.11. The normalized spacial score (nSPS) is 11.0. The molecule has 0 unspecified atom stereocenters. The Morgan fingerprint density at radius 2 is 1.90 bits per heavy atom. The number of hydrogen-bond donors (Lipinski definition) is 1. The van der Waals surface area contributed by atoms with Gasteiger partial charge in [0.25, 0.3) is 0 Å². The van der Waals surface area contributed by atoms with Crippen molar-refractivity contribution >= 4 is 11.5 Å². The summed E-state index contributed by atoms with van der Waals surface area (Å²) in [5, 5.41) is 11.3. The Labute approximate surface area is 117 Å². The summed E-state index contributed by atoms with van der Waals surface area (Å²) in [4.78, 5) is 4.00. The second-order valence-corrected chi connectivity index (χ2v) is 4.31. The maximum atomic E-state index is 13.6. The molecule has 2 rings (SSSR count). The van der Waals surface area contributed by atoms with Gasteiger partial charge in [-0.25, -0.2) is 9.37 Å². The van der Waals surface area contributed by atoms with Crippen molar-refractivity contribution in [2.24, 2.45) is 0 Å². The second kappa shape index (κ2) is 5.40. The molecule has 0 aliphatic rings. The summed E-state index contributed by atoms with van der Waals surface area (Å²) in [5.74, 6) is -0.741. The lowest BCUT2D eigenvalue weighted by Crippen LogP contribution is -2.07. The Morgan fingerprint density at radius 1 is 1.19 bits per heavy atom. The minimum absolute atomic E-state index is 0.102. The molecule has 0 spiro atoms. The van der Waals surface area contributed by atoms with Crippen LogP contribution >= 0.6 is 0 Å². The number of anilines is 2. The van der Waals surface area contributed by atoms with E-state index in [1.165, 1.54) is 12.1 Å². The number of aromatic nitrogens is 1. The minimum Gasteiger partial charge on any atom is -0.338 e. The highest BCUT2D eigenvalue weighted by atomic mass is 19.4. The summed E-state index contributed by atoms with van der Waals surface area (Å²) < 4.78 is 51.4. The van der Waals surface area contributed by atoms with Gasteiger partial charge >= 0.3 is 6.18 Å². The lowest BCUT2D eigenvalue weighted by molar-refractivity contribution is -0.137. The molecular formula is C14H9F4N3. The van der Waals surface area contributed by atoms with Gasteiger partial charge in [0.2, 0.25) is 0 Å². The van der Waals surface area contributed by atoms with Gasteiger partial charge in [0.05, 0.1) is 22.9 Å². The third kappa shape index (κ3) is 3.48. The Balaban J connectivity index is 2.40. The van der Waals surface area contributed by atoms with Crippen LogP contribution in [0.3, 0.4) is 0 Å². The van der Waals surface area contributed by atoms with Crippen molar-refractivity contribution in [3.8, 4) is 6.07 Å². The summed E-state index contributed by atoms with van der Waals surface area (Å²) in [5.41, 5.74) is -0.562. The first kappa shape index (κ1) is 14.8. The van der Waals surface area contributed by atoms with E-state index in [1.807, 2.05) is 6.07 Å². The Morgan fingerprint density at radius 3 is 2.52 bits per heavy atom. The number of hydrogen-bond acceptors (Lipinski definition) is 3. The molecule has 0 aliphatic carbocycles. The third-order valence-electron chi connectivity index (χ3n) is 2.64. The van der Waals surface area contributed by atoms with Gasteiger partial charge in [-0.1, -0.05) is 0 Å². The van der Waals surface area contributed by atoms with Crippen LogP contribution < -0.4 is 5.32 Å². The van der Waals surface area contributed by atoms with Gasteiger partial charge in [-0.2, -0.15) is 18.4 Å². The number of nitriles is 1. The monoisotopic (exact) mass is 295 g/mol. The number of nitrogens with one attached hydrogen (secondary N) is 1. The fourth-order valence-corrected chi connectivity index (χ4v) is 1.73. The van der Waals surface area contributed by atoms with E-state index < -0.39 is 17.6 Å². The first-order valence-electron chi connectivity index (χ1n) is 5.82. The molecule has 0 saturated carbocycles. The minimum atomic E-state index is -4.57. The van der Waals surface area contributed by atoms with Gasteiger partial charge in [0.1, 0.15) is 11.6 Å². The summed E-state index contributed by atoms with van der Waals surface area (Å²) in [6.07, 6.45) is -4.57. The zero-order chi connectivity index (χ0) is 15.6. The number of rotatable bonds is 2. The van der Waals surface area contributed by atoms with Crippen LogP contribution in [-0.4, -0.2) is 4.98 Å². The van der Waals surface area contributed by atoms with Gasteiger partial charge < -0.3 is 5.32 Å². The molecule has 2 aromatic rings. The van der Waals surface area contributed by atoms with Crippen molar-refractivity contribution in [1.29, 1.82) is 5.26 Å². The maximum absolute atomic E-state index is 13.6. The number of nitrogens with zero attached hydrogens (tertiary/aromatic N) is 2. The molecule has 0 aliphatic heterocycles. The van der Waals surface area contributed by atoms with Crippen LogP contribution in [0.1, 0.15) is 16.8 Å². The largest absolute Gasteiger partial charge is 0.416 e. The number of halogens is 4. The topological polar surface area (TPSA) is 48.7 Å². The highest BCUT2D eigenvalue weighted by Crippen LogP contribution is 2.32. The standard InChI is InChI=1S/C14H9F4N3/c1-8-4-9(7-19)5-13(20-8)21-12-6-10(14(16,17)18)2-3-11(12)15/h2-6H,1H3,(H,20,21). The molecule has 21 heavy (non-hydrogen) atoms. The van der Waals surface area contributed by atoms with E-state index in [0.717, 1.165) is 6.07 Å². The summed E-state index contributed by atoms with van der Waals surface area (Å²) in [6.45, 7) is 1.62. The van der Waals surface area contributed by atoms with Gasteiger partial charge in [-0.15, -0.1) is 0 Å². The van der Waals surface area contributed by atoms with E-state index >= 15 is 0 Å². The molecule has 0 amide bonds. The summed E-state index contributed by atoms with van der Waals surface area (Å²) in [7, 11) is 0. The predicted molar refractivity (Wildman–Crippen MR) is 68.4 cm³/mol. The van der Waals surface area contributed by atoms with Gasteiger partial charge in [0, 0.05) is 5.69 Å². The SMILES string of the molecule is Cc1cc(C#N)cc(Nc2cc(C(F)(F)F)ccc2F)n1. The molecule has 0 fully saturated rings. The summed E-state index contributed by atoms with van der Waals surface area (Å²) in [6, 6.07) is 6.77. The molecule has 0 bridgehead atoms. The first-order chi connectivity index (χ1) is 9.79.